The van der Waals surface area contributed by atoms with E-state index in [9.17, 15) is 27.9 Å². The van der Waals surface area contributed by atoms with Gasteiger partial charge in [0.2, 0.25) is 0 Å². The zero-order valence-electron chi connectivity index (χ0n) is 37.7. The second-order valence-electron chi connectivity index (χ2n) is 18.3. The summed E-state index contributed by atoms with van der Waals surface area (Å²) in [6, 6.07) is 20.1. The van der Waals surface area contributed by atoms with Crippen LogP contribution in [-0.4, -0.2) is 121 Å². The molecule has 66 heavy (non-hydrogen) atoms. The summed E-state index contributed by atoms with van der Waals surface area (Å²) in [5, 5.41) is 16.9. The molecule has 0 bridgehead atoms. The third kappa shape index (κ3) is 11.1. The van der Waals surface area contributed by atoms with Gasteiger partial charge in [0, 0.05) is 111 Å². The maximum absolute atomic E-state index is 14.0. The Morgan fingerprint density at radius 3 is 2.48 bits per heavy atom. The van der Waals surface area contributed by atoms with Gasteiger partial charge in [-0.25, -0.2) is 18.1 Å². The number of nitro benzene ring substituents is 1. The number of H-pyrrole nitrogens is 1. The predicted octanol–water partition coefficient (Wildman–Crippen LogP) is 8.11. The van der Waals surface area contributed by atoms with Crippen LogP contribution in [0.3, 0.4) is 0 Å². The molecule has 0 spiro atoms. The molecule has 19 heteroatoms. The van der Waals surface area contributed by atoms with Crippen molar-refractivity contribution >= 4 is 71.3 Å². The van der Waals surface area contributed by atoms with E-state index in [-0.39, 0.29) is 28.5 Å². The molecule has 4 N–H and O–H groups in total. The predicted molar refractivity (Wildman–Crippen MR) is 264 cm³/mol. The fourth-order valence-corrected chi connectivity index (χ4v) is 12.0. The number of ether oxygens (including phenoxy) is 1. The number of nitrogens with one attached hydrogen (secondary N) is 3. The lowest BCUT2D eigenvalue weighted by molar-refractivity contribution is -0.384. The molecule has 0 radical (unpaired) electrons. The largest absolute Gasteiger partial charge is 0.455 e. The molecule has 1 amide bonds. The van der Waals surface area contributed by atoms with E-state index < -0.39 is 41.5 Å². The number of hydrogen-bond acceptors (Lipinski definition) is 12. The lowest BCUT2D eigenvalue weighted by atomic mass is 9.72. The van der Waals surface area contributed by atoms with Crippen LogP contribution in [0.25, 0.3) is 16.6 Å². The molecule has 1 aliphatic carbocycles. The van der Waals surface area contributed by atoms with E-state index >= 15 is 0 Å². The van der Waals surface area contributed by atoms with Gasteiger partial charge in [0.15, 0.2) is 0 Å². The second kappa shape index (κ2) is 19.5. The zero-order chi connectivity index (χ0) is 46.8. The number of aromatic amines is 1. The summed E-state index contributed by atoms with van der Waals surface area (Å²) < 4.78 is 50.8. The molecule has 2 aliphatic heterocycles. The van der Waals surface area contributed by atoms with Crippen LogP contribution in [0.5, 0.6) is 11.5 Å². The molecule has 2 saturated heterocycles. The summed E-state index contributed by atoms with van der Waals surface area (Å²) in [7, 11) is -5.20. The number of anilines is 2. The van der Waals surface area contributed by atoms with Crippen molar-refractivity contribution in [3.63, 3.8) is 0 Å². The Morgan fingerprint density at radius 1 is 1.03 bits per heavy atom. The van der Waals surface area contributed by atoms with Gasteiger partial charge in [-0.15, -0.1) is 10.1 Å². The summed E-state index contributed by atoms with van der Waals surface area (Å²) in [4.78, 5) is 39.5. The molecule has 4 heterocycles. The van der Waals surface area contributed by atoms with E-state index in [4.69, 9.17) is 16.3 Å². The first-order chi connectivity index (χ1) is 31.5. The number of fused-ring (bicyclic) bond motifs is 1. The number of amides is 1. The molecule has 0 saturated carbocycles. The van der Waals surface area contributed by atoms with Crippen LogP contribution in [-0.2, 0) is 20.1 Å². The van der Waals surface area contributed by atoms with E-state index in [2.05, 4.69) is 65.0 Å². The first-order valence-electron chi connectivity index (χ1n) is 22.2. The first-order valence-corrected chi connectivity index (χ1v) is 26.1. The quantitative estimate of drug-likeness (QED) is 0.0408. The molecule has 3 aliphatic rings. The van der Waals surface area contributed by atoms with Crippen molar-refractivity contribution in [3.8, 4) is 11.5 Å². The molecule has 1 atom stereocenters. The van der Waals surface area contributed by atoms with Crippen LogP contribution < -0.4 is 19.7 Å². The van der Waals surface area contributed by atoms with Crippen LogP contribution in [0.2, 0.25) is 5.02 Å². The number of hydrogen-bond donors (Lipinski definition) is 5. The monoisotopic (exact) mass is 959 g/mol. The Balaban J connectivity index is 0.984. The summed E-state index contributed by atoms with van der Waals surface area (Å²) in [6.45, 7) is 12.3. The number of pyridine rings is 1. The number of aromatic nitrogens is 2. The number of halogens is 1. The number of allylic oxidation sites excluding steroid dienone is 1. The number of thiol groups is 1. The summed E-state index contributed by atoms with van der Waals surface area (Å²) in [5.74, 6) is 0.675. The minimum Gasteiger partial charge on any atom is -0.455 e. The number of nitro groups is 1. The highest BCUT2D eigenvalue weighted by molar-refractivity contribution is 8.00. The average molecular weight is 961 g/mol. The normalized spacial score (nSPS) is 19.0. The number of sulfonamides is 1. The zero-order valence-corrected chi connectivity index (χ0v) is 40.1. The molecule has 5 aromatic rings. The lowest BCUT2D eigenvalue weighted by Gasteiger charge is -2.39. The topological polar surface area (TPSA) is 199 Å². The highest BCUT2D eigenvalue weighted by Gasteiger charge is 2.31. The lowest BCUT2D eigenvalue weighted by Crippen LogP contribution is -2.47. The van der Waals surface area contributed by atoms with Gasteiger partial charge in [-0.3, -0.25) is 29.1 Å². The third-order valence-corrected chi connectivity index (χ3v) is 17.1. The highest BCUT2D eigenvalue weighted by Crippen LogP contribution is 2.43. The Kier molecular flexibility index (Phi) is 13.9. The summed E-state index contributed by atoms with van der Waals surface area (Å²) in [5.41, 5.74) is 5.40. The van der Waals surface area contributed by atoms with Gasteiger partial charge in [-0.2, -0.15) is 0 Å². The molecular formula is C47H58ClN9O7S2. The number of rotatable bonds is 14. The van der Waals surface area contributed by atoms with Crippen LogP contribution in [0.15, 0.2) is 100 Å². The molecule has 352 valence electrons. The van der Waals surface area contributed by atoms with E-state index in [1.54, 1.807) is 31.4 Å². The van der Waals surface area contributed by atoms with Gasteiger partial charge in [-0.1, -0.05) is 43.2 Å². The molecule has 0 unspecified atom stereocenters. The molecule has 16 nitrogen and oxygen atoms in total. The molecular weight excluding hydrogens is 902 g/mol. The van der Waals surface area contributed by atoms with Crippen molar-refractivity contribution in [2.45, 2.75) is 51.0 Å². The number of benzene rings is 3. The van der Waals surface area contributed by atoms with E-state index in [1.165, 1.54) is 41.1 Å². The maximum Gasteiger partial charge on any atom is 0.293 e. The van der Waals surface area contributed by atoms with Gasteiger partial charge in [-0.05, 0) is 91.3 Å². The van der Waals surface area contributed by atoms with Gasteiger partial charge >= 0.3 is 0 Å². The van der Waals surface area contributed by atoms with Gasteiger partial charge in [0.05, 0.1) is 21.6 Å². The highest BCUT2D eigenvalue weighted by atomic mass is 35.5. The van der Waals surface area contributed by atoms with Crippen molar-refractivity contribution in [1.29, 1.82) is 0 Å². The van der Waals surface area contributed by atoms with Crippen molar-refractivity contribution in [1.82, 2.24) is 24.5 Å². The van der Waals surface area contributed by atoms with Gasteiger partial charge in [0.25, 0.3) is 21.6 Å². The Morgan fingerprint density at radius 2 is 1.77 bits per heavy atom. The molecule has 2 fully saturated rings. The third-order valence-electron chi connectivity index (χ3n) is 12.9. The maximum atomic E-state index is 14.0. The van der Waals surface area contributed by atoms with Crippen LogP contribution in [0, 0.1) is 15.5 Å². The molecule has 8 rings (SSSR count). The minimum atomic E-state index is -4.60. The second-order valence-corrected chi connectivity index (χ2v) is 23.5. The smallest absolute Gasteiger partial charge is 0.293 e. The van der Waals surface area contributed by atoms with Gasteiger partial charge < -0.3 is 24.5 Å². The number of piperazine rings is 1. The van der Waals surface area contributed by atoms with Crippen molar-refractivity contribution < 1.29 is 27.4 Å². The fraction of sp³-hybridized carbons (Fsp3) is 0.404. The van der Waals surface area contributed by atoms with E-state index in [1.807, 2.05) is 25.1 Å². The number of carbonyl (C=O) groups excluding carboxylic acids is 1. The standard InChI is InChI=1S/C47H58ClN9O7S2/c1-32(30-55-21-23-65(61,49-4)24-22-55)52-42-12-10-39(27-43(42)57(59)60)66(62,63)53-46(58)40-11-9-37(26-44(40)64-38-25-34-14-16-50-45(34)51-29-38)56-19-17-54(18-20-56)31-35-13-15-47(2,3)28-41(35)33-5-7-36(48)8-6-33/h5-12,14,16,25-27,29,32,52,65H,13,15,17-24,28,30-31H2,1-4H3,(H,49,61)(H,50,51)(H,53,58)/t32-/m0/s1. The Labute approximate surface area is 391 Å². The van der Waals surface area contributed by atoms with Crippen molar-refractivity contribution in [2.75, 3.05) is 81.1 Å². The van der Waals surface area contributed by atoms with E-state index in [0.717, 1.165) is 61.1 Å². The van der Waals surface area contributed by atoms with Crippen LogP contribution >= 0.6 is 11.6 Å². The minimum absolute atomic E-state index is 0.0514. The average Bonchev–Trinajstić information content (AvgIpc) is 3.76. The van der Waals surface area contributed by atoms with Crippen LogP contribution in [0.1, 0.15) is 56.0 Å². The Hall–Kier alpha value is -5.37. The number of nitrogens with zero attached hydrogens (tertiary/aromatic N) is 6. The fourth-order valence-electron chi connectivity index (χ4n) is 9.08. The van der Waals surface area contributed by atoms with Gasteiger partial charge in [0.1, 0.15) is 22.8 Å². The SMILES string of the molecule is CN=[SH]1(O)CCN(C[C@H](C)Nc2ccc(S(=O)(=O)NC(=O)c3ccc(N4CCN(CC5=C(c6ccc(Cl)cc6)CC(C)(C)CC5)CC4)cc3Oc3cnc4[nH]ccc4c3)cc2[N+](=O)[O-])CC1. The summed E-state index contributed by atoms with van der Waals surface area (Å²) in [6.07, 6.45) is 6.45. The first kappa shape index (κ1) is 47.1. The van der Waals surface area contributed by atoms with Crippen molar-refractivity contribution in [3.05, 3.63) is 117 Å². The Bertz CT molecular complexity index is 2810. The summed E-state index contributed by atoms with van der Waals surface area (Å²) >= 11 is 6.25. The van der Waals surface area contributed by atoms with E-state index in [0.29, 0.717) is 55.6 Å². The molecule has 2 aromatic heterocycles. The van der Waals surface area contributed by atoms with Crippen molar-refractivity contribution in [2.24, 2.45) is 9.78 Å². The van der Waals surface area contributed by atoms with Crippen LogP contribution in [0.4, 0.5) is 17.1 Å². The number of carbonyl (C=O) groups is 1. The molecule has 3 aromatic carbocycles.